The molecule has 0 bridgehead atoms. The normalized spacial score (nSPS) is 15.9. The molecule has 8 heteroatoms. The summed E-state index contributed by atoms with van der Waals surface area (Å²) in [5, 5.41) is 5.93. The number of benzene rings is 1. The number of fused-ring (bicyclic) bond motifs is 1. The van der Waals surface area contributed by atoms with Crippen LogP contribution in [0.1, 0.15) is 18.3 Å². The van der Waals surface area contributed by atoms with Crippen LogP contribution >= 0.6 is 0 Å². The summed E-state index contributed by atoms with van der Waals surface area (Å²) in [5.41, 5.74) is 2.08. The van der Waals surface area contributed by atoms with Gasteiger partial charge < -0.3 is 23.8 Å². The molecular formula is C21H35N3O4Si-. The molecule has 0 radical (unpaired) electrons. The first-order valence-electron chi connectivity index (χ1n) is 10.4. The fourth-order valence-electron chi connectivity index (χ4n) is 3.25. The third kappa shape index (κ3) is 6.02. The van der Waals surface area contributed by atoms with E-state index in [1.165, 1.54) is 0 Å². The van der Waals surface area contributed by atoms with E-state index in [2.05, 4.69) is 42.7 Å². The molecule has 1 aromatic heterocycles. The van der Waals surface area contributed by atoms with Gasteiger partial charge in [0.25, 0.3) is 0 Å². The molecule has 3 rings (SSSR count). The maximum absolute atomic E-state index is 5.97. The fraction of sp³-hybridized carbons (Fsp3) is 0.667. The van der Waals surface area contributed by atoms with E-state index >= 15 is 0 Å². The molecule has 0 spiro atoms. The molecule has 0 unspecified atom stereocenters. The molecule has 0 amide bonds. The molecule has 2 heterocycles. The van der Waals surface area contributed by atoms with E-state index in [9.17, 15) is 0 Å². The molecule has 0 N–H and O–H groups in total. The van der Waals surface area contributed by atoms with Crippen LogP contribution in [0.4, 0.5) is 5.82 Å². The van der Waals surface area contributed by atoms with Gasteiger partial charge in [-0.1, -0.05) is 6.07 Å². The molecule has 0 aliphatic carbocycles. The highest BCUT2D eigenvalue weighted by molar-refractivity contribution is 6.76. The van der Waals surface area contributed by atoms with Crippen molar-refractivity contribution in [2.24, 2.45) is 0 Å². The van der Waals surface area contributed by atoms with Crippen molar-refractivity contribution < 1.29 is 18.9 Å². The zero-order valence-corrected chi connectivity index (χ0v) is 19.4. The monoisotopic (exact) mass is 421 g/mol. The van der Waals surface area contributed by atoms with Crippen LogP contribution in [-0.2, 0) is 25.7 Å². The Labute approximate surface area is 174 Å². The van der Waals surface area contributed by atoms with Crippen LogP contribution in [0.3, 0.4) is 0 Å². The summed E-state index contributed by atoms with van der Waals surface area (Å²) in [5.74, 6) is 0.920. The second-order valence-corrected chi connectivity index (χ2v) is 14.4. The summed E-state index contributed by atoms with van der Waals surface area (Å²) in [6, 6.07) is 7.44. The van der Waals surface area contributed by atoms with E-state index in [0.29, 0.717) is 13.3 Å². The van der Waals surface area contributed by atoms with Gasteiger partial charge in [0.2, 0.25) is 0 Å². The number of nitrogens with zero attached hydrogens (tertiary/aromatic N) is 3. The minimum Gasteiger partial charge on any atom is -0.383 e. The molecule has 1 aliphatic rings. The molecule has 1 aliphatic heterocycles. The van der Waals surface area contributed by atoms with Gasteiger partial charge in [-0.2, -0.15) is 24.7 Å². The van der Waals surface area contributed by atoms with Crippen LogP contribution in [0.5, 0.6) is 0 Å². The Balaban J connectivity index is 1.84. The van der Waals surface area contributed by atoms with Crippen LogP contribution in [0, 0.1) is 0 Å². The Morgan fingerprint density at radius 3 is 2.66 bits per heavy atom. The summed E-state index contributed by atoms with van der Waals surface area (Å²) in [6.45, 7) is 11.2. The lowest BCUT2D eigenvalue weighted by molar-refractivity contribution is -0.182. The number of anilines is 1. The molecule has 1 aromatic carbocycles. The van der Waals surface area contributed by atoms with E-state index in [1.54, 1.807) is 7.11 Å². The highest BCUT2D eigenvalue weighted by Crippen LogP contribution is 2.31. The summed E-state index contributed by atoms with van der Waals surface area (Å²) in [6.07, 6.45) is 0.637. The van der Waals surface area contributed by atoms with Crippen LogP contribution in [0.15, 0.2) is 18.2 Å². The topological polar surface area (TPSA) is 58.0 Å². The van der Waals surface area contributed by atoms with Crippen molar-refractivity contribution in [2.45, 2.75) is 45.1 Å². The molecule has 163 valence electrons. The van der Waals surface area contributed by atoms with Gasteiger partial charge in [0.1, 0.15) is 6.73 Å². The van der Waals surface area contributed by atoms with E-state index in [-0.39, 0.29) is 6.29 Å². The Kier molecular flexibility index (Phi) is 7.70. The second kappa shape index (κ2) is 10.0. The molecule has 1 fully saturated rings. The van der Waals surface area contributed by atoms with Gasteiger partial charge in [-0.05, 0) is 18.6 Å². The van der Waals surface area contributed by atoms with Crippen molar-refractivity contribution >= 4 is 24.8 Å². The smallest absolute Gasteiger partial charge is 0.183 e. The molecule has 7 nitrogen and oxygen atoms in total. The first kappa shape index (κ1) is 22.2. The number of likely N-dealkylation sites (N-methyl/N-ethyl adjacent to an activating group) is 1. The van der Waals surface area contributed by atoms with Gasteiger partial charge in [0, 0.05) is 38.3 Å². The number of aromatic nitrogens is 2. The highest BCUT2D eigenvalue weighted by Gasteiger charge is 2.20. The van der Waals surface area contributed by atoms with Crippen molar-refractivity contribution in [3.63, 3.8) is 0 Å². The average molecular weight is 422 g/mol. The summed E-state index contributed by atoms with van der Waals surface area (Å²) in [7, 11) is 2.65. The van der Waals surface area contributed by atoms with Gasteiger partial charge in [0.15, 0.2) is 12.1 Å². The Hall–Kier alpha value is -1.45. The average Bonchev–Trinajstić information content (AvgIpc) is 3.07. The SMILES string of the molecule is COCCN(C)c1nn(COCC[Si-](C)(C)C)c2ccc(C3OCCCO3)cc12. The Morgan fingerprint density at radius 1 is 1.21 bits per heavy atom. The molecule has 2 aromatic rings. The lowest BCUT2D eigenvalue weighted by Gasteiger charge is -2.26. The van der Waals surface area contributed by atoms with Crippen LogP contribution < -0.4 is 4.90 Å². The van der Waals surface area contributed by atoms with Crippen LogP contribution in [0.2, 0.25) is 25.7 Å². The zero-order chi connectivity index (χ0) is 20.9. The molecule has 0 atom stereocenters. The number of hydrogen-bond acceptors (Lipinski definition) is 6. The van der Waals surface area contributed by atoms with Gasteiger partial charge in [0.05, 0.1) is 25.3 Å². The maximum Gasteiger partial charge on any atom is 0.183 e. The molecule has 1 saturated heterocycles. The Morgan fingerprint density at radius 2 is 1.97 bits per heavy atom. The zero-order valence-electron chi connectivity index (χ0n) is 18.4. The minimum atomic E-state index is -1.11. The number of hydrogen-bond donors (Lipinski definition) is 0. The number of ether oxygens (including phenoxy) is 4. The van der Waals surface area contributed by atoms with Crippen molar-refractivity contribution in [2.75, 3.05) is 52.0 Å². The third-order valence-electron chi connectivity index (χ3n) is 5.06. The minimum absolute atomic E-state index is 0.304. The van der Waals surface area contributed by atoms with Gasteiger partial charge in [-0.3, -0.25) is 0 Å². The van der Waals surface area contributed by atoms with Gasteiger partial charge >= 0.3 is 0 Å². The van der Waals surface area contributed by atoms with Crippen molar-refractivity contribution in [1.29, 1.82) is 0 Å². The number of methoxy groups -OCH3 is 1. The van der Waals surface area contributed by atoms with Crippen LogP contribution in [0.25, 0.3) is 10.9 Å². The lowest BCUT2D eigenvalue weighted by Crippen LogP contribution is -2.23. The standard InChI is InChI=1S/C21H35N3O4Si/c1-23(9-12-25-2)20-18-15-17(21-27-10-6-11-28-21)7-8-19(18)24(22-20)16-26-13-14-29(3,4)5/h7-8,15,21H,6,9-14,16H2,1-5H3/q-1. The van der Waals surface area contributed by atoms with Gasteiger partial charge in [-0.15, -0.1) is 14.1 Å². The van der Waals surface area contributed by atoms with E-state index in [0.717, 1.165) is 61.1 Å². The first-order valence-corrected chi connectivity index (χ1v) is 14.1. The maximum atomic E-state index is 5.97. The predicted octanol–water partition coefficient (Wildman–Crippen LogP) is 3.87. The predicted molar refractivity (Wildman–Crippen MR) is 118 cm³/mol. The van der Waals surface area contributed by atoms with E-state index in [1.807, 2.05) is 11.7 Å². The summed E-state index contributed by atoms with van der Waals surface area (Å²) >= 11 is 0. The second-order valence-electron chi connectivity index (χ2n) is 8.79. The molecule has 29 heavy (non-hydrogen) atoms. The Bertz CT molecular complexity index is 784. The van der Waals surface area contributed by atoms with Crippen molar-refractivity contribution in [1.82, 2.24) is 9.78 Å². The highest BCUT2D eigenvalue weighted by atomic mass is 28.3. The molecule has 0 saturated carbocycles. The summed E-state index contributed by atoms with van der Waals surface area (Å²) in [4.78, 5) is 2.12. The van der Waals surface area contributed by atoms with E-state index < -0.39 is 8.07 Å². The number of rotatable bonds is 10. The fourth-order valence-corrected chi connectivity index (χ4v) is 4.01. The summed E-state index contributed by atoms with van der Waals surface area (Å²) < 4.78 is 24.7. The van der Waals surface area contributed by atoms with Crippen LogP contribution in [-0.4, -0.2) is 65.0 Å². The quantitative estimate of drug-likeness (QED) is 0.429. The van der Waals surface area contributed by atoms with Crippen molar-refractivity contribution in [3.8, 4) is 0 Å². The van der Waals surface area contributed by atoms with Crippen molar-refractivity contribution in [3.05, 3.63) is 23.8 Å². The third-order valence-corrected chi connectivity index (χ3v) is 6.76. The largest absolute Gasteiger partial charge is 0.383 e. The lowest BCUT2D eigenvalue weighted by atomic mass is 10.1. The first-order chi connectivity index (χ1) is 13.9. The molecular weight excluding hydrogens is 386 g/mol. The van der Waals surface area contributed by atoms with E-state index in [4.69, 9.17) is 24.0 Å². The van der Waals surface area contributed by atoms with Gasteiger partial charge in [-0.25, -0.2) is 4.68 Å².